The van der Waals surface area contributed by atoms with E-state index in [1.165, 1.54) is 0 Å². The highest BCUT2D eigenvalue weighted by Crippen LogP contribution is 2.33. The molecule has 0 aliphatic carbocycles. The smallest absolute Gasteiger partial charge is 0.198 e. The van der Waals surface area contributed by atoms with Crippen molar-refractivity contribution in [2.24, 2.45) is 0 Å². The molecule has 0 fully saturated rings. The Balaban J connectivity index is 2.05. The van der Waals surface area contributed by atoms with Crippen LogP contribution in [0.2, 0.25) is 0 Å². The Morgan fingerprint density at radius 1 is 1.05 bits per heavy atom. The van der Waals surface area contributed by atoms with E-state index in [2.05, 4.69) is 5.32 Å². The Bertz CT molecular complexity index is 705. The molecule has 0 amide bonds. The summed E-state index contributed by atoms with van der Waals surface area (Å²) in [6, 6.07) is 14.7. The van der Waals surface area contributed by atoms with Crippen molar-refractivity contribution in [3.8, 4) is 0 Å². The largest absolute Gasteiger partial charge is 0.293 e. The Hall–Kier alpha value is -1.65. The van der Waals surface area contributed by atoms with Crippen LogP contribution in [0.3, 0.4) is 0 Å². The summed E-state index contributed by atoms with van der Waals surface area (Å²) >= 11 is 0. The van der Waals surface area contributed by atoms with Gasteiger partial charge in [0.15, 0.2) is 9.84 Å². The SMILES string of the molecule is Cc1ccc(S(=O)(=O)C2NCc3ccccc32)cc1. The fraction of sp³-hybridized carbons (Fsp3) is 0.200. The van der Waals surface area contributed by atoms with Gasteiger partial charge in [-0.3, -0.25) is 5.32 Å². The molecule has 1 atom stereocenters. The lowest BCUT2D eigenvalue weighted by atomic mass is 10.1. The molecule has 1 aliphatic heterocycles. The van der Waals surface area contributed by atoms with E-state index in [4.69, 9.17) is 0 Å². The Morgan fingerprint density at radius 3 is 2.47 bits per heavy atom. The molecule has 2 aromatic carbocycles. The molecule has 0 spiro atoms. The first-order valence-electron chi connectivity index (χ1n) is 6.21. The van der Waals surface area contributed by atoms with Gasteiger partial charge in [0.05, 0.1) is 4.90 Å². The molecule has 1 unspecified atom stereocenters. The van der Waals surface area contributed by atoms with Crippen molar-refractivity contribution in [3.05, 3.63) is 65.2 Å². The van der Waals surface area contributed by atoms with Gasteiger partial charge in [-0.25, -0.2) is 8.42 Å². The van der Waals surface area contributed by atoms with Crippen molar-refractivity contribution < 1.29 is 8.42 Å². The summed E-state index contributed by atoms with van der Waals surface area (Å²) in [5.41, 5.74) is 2.98. The van der Waals surface area contributed by atoms with Gasteiger partial charge in [-0.2, -0.15) is 0 Å². The quantitative estimate of drug-likeness (QED) is 0.914. The number of hydrogen-bond acceptors (Lipinski definition) is 3. The highest BCUT2D eigenvalue weighted by Gasteiger charge is 2.33. The van der Waals surface area contributed by atoms with Crippen molar-refractivity contribution >= 4 is 9.84 Å². The molecule has 4 heteroatoms. The van der Waals surface area contributed by atoms with Crippen molar-refractivity contribution in [3.63, 3.8) is 0 Å². The second-order valence-electron chi connectivity index (χ2n) is 4.82. The lowest BCUT2D eigenvalue weighted by Crippen LogP contribution is -2.22. The average molecular weight is 273 g/mol. The molecule has 0 saturated heterocycles. The van der Waals surface area contributed by atoms with Crippen molar-refractivity contribution in [2.45, 2.75) is 23.7 Å². The molecular weight excluding hydrogens is 258 g/mol. The number of nitrogens with one attached hydrogen (secondary N) is 1. The molecule has 19 heavy (non-hydrogen) atoms. The van der Waals surface area contributed by atoms with Crippen LogP contribution in [0.15, 0.2) is 53.4 Å². The van der Waals surface area contributed by atoms with Gasteiger partial charge >= 0.3 is 0 Å². The van der Waals surface area contributed by atoms with E-state index in [-0.39, 0.29) is 0 Å². The van der Waals surface area contributed by atoms with E-state index < -0.39 is 15.2 Å². The number of sulfone groups is 1. The zero-order chi connectivity index (χ0) is 13.5. The maximum Gasteiger partial charge on any atom is 0.198 e. The van der Waals surface area contributed by atoms with Crippen LogP contribution in [-0.2, 0) is 16.4 Å². The maximum absolute atomic E-state index is 12.6. The minimum atomic E-state index is -3.38. The number of rotatable bonds is 2. The summed E-state index contributed by atoms with van der Waals surface area (Å²) in [5, 5.41) is 2.45. The van der Waals surface area contributed by atoms with Gasteiger partial charge in [-0.05, 0) is 30.2 Å². The van der Waals surface area contributed by atoms with Gasteiger partial charge in [0, 0.05) is 6.54 Å². The third-order valence-corrected chi connectivity index (χ3v) is 5.45. The van der Waals surface area contributed by atoms with E-state index in [0.717, 1.165) is 16.7 Å². The van der Waals surface area contributed by atoms with Gasteiger partial charge in [-0.15, -0.1) is 0 Å². The van der Waals surface area contributed by atoms with E-state index in [9.17, 15) is 8.42 Å². The molecule has 0 bridgehead atoms. The summed E-state index contributed by atoms with van der Waals surface area (Å²) in [4.78, 5) is 0.368. The normalized spacial score (nSPS) is 18.3. The molecule has 1 heterocycles. The predicted octanol–water partition coefficient (Wildman–Crippen LogP) is 2.57. The van der Waals surface area contributed by atoms with Crippen LogP contribution in [0, 0.1) is 6.92 Å². The molecule has 2 aromatic rings. The molecule has 0 radical (unpaired) electrons. The van der Waals surface area contributed by atoms with Gasteiger partial charge in [0.25, 0.3) is 0 Å². The number of hydrogen-bond donors (Lipinski definition) is 1. The Labute approximate surface area is 113 Å². The Kier molecular flexibility index (Phi) is 2.92. The van der Waals surface area contributed by atoms with E-state index >= 15 is 0 Å². The number of benzene rings is 2. The van der Waals surface area contributed by atoms with Crippen LogP contribution in [0.1, 0.15) is 22.1 Å². The second kappa shape index (κ2) is 4.47. The summed E-state index contributed by atoms with van der Waals surface area (Å²) in [7, 11) is -3.38. The predicted molar refractivity (Wildman–Crippen MR) is 74.4 cm³/mol. The van der Waals surface area contributed by atoms with Gasteiger partial charge < -0.3 is 0 Å². The topological polar surface area (TPSA) is 46.2 Å². The van der Waals surface area contributed by atoms with Gasteiger partial charge in [-0.1, -0.05) is 42.0 Å². The molecule has 3 nitrogen and oxygen atoms in total. The van der Waals surface area contributed by atoms with E-state index in [0.29, 0.717) is 11.4 Å². The second-order valence-corrected chi connectivity index (χ2v) is 6.85. The van der Waals surface area contributed by atoms with E-state index in [1.807, 2.05) is 43.3 Å². The average Bonchev–Trinajstić information content (AvgIpc) is 2.83. The third-order valence-electron chi connectivity index (χ3n) is 3.48. The van der Waals surface area contributed by atoms with Crippen molar-refractivity contribution in [1.82, 2.24) is 5.32 Å². The minimum absolute atomic E-state index is 0.368. The molecule has 0 aromatic heterocycles. The fourth-order valence-corrected chi connectivity index (χ4v) is 4.06. The Morgan fingerprint density at radius 2 is 1.74 bits per heavy atom. The zero-order valence-corrected chi connectivity index (χ0v) is 11.4. The monoisotopic (exact) mass is 273 g/mol. The molecular formula is C15H15NO2S. The highest BCUT2D eigenvalue weighted by molar-refractivity contribution is 7.91. The molecule has 3 rings (SSSR count). The maximum atomic E-state index is 12.6. The molecule has 1 aliphatic rings. The molecule has 98 valence electrons. The highest BCUT2D eigenvalue weighted by atomic mass is 32.2. The number of aryl methyl sites for hydroxylation is 1. The van der Waals surface area contributed by atoms with Gasteiger partial charge in [0.1, 0.15) is 5.37 Å². The summed E-state index contributed by atoms with van der Waals surface area (Å²) in [6.07, 6.45) is 0. The summed E-state index contributed by atoms with van der Waals surface area (Å²) in [5.74, 6) is 0. The standard InChI is InChI=1S/C15H15NO2S/c1-11-6-8-13(9-7-11)19(17,18)15-14-5-3-2-4-12(14)10-16-15/h2-9,15-16H,10H2,1H3. The first kappa shape index (κ1) is 12.4. The van der Waals surface area contributed by atoms with E-state index in [1.54, 1.807) is 12.1 Å². The van der Waals surface area contributed by atoms with Crippen LogP contribution in [0.25, 0.3) is 0 Å². The van der Waals surface area contributed by atoms with Crippen molar-refractivity contribution in [1.29, 1.82) is 0 Å². The molecule has 0 saturated carbocycles. The van der Waals surface area contributed by atoms with Crippen LogP contribution in [0.5, 0.6) is 0 Å². The van der Waals surface area contributed by atoms with Gasteiger partial charge in [0.2, 0.25) is 0 Å². The first-order valence-corrected chi connectivity index (χ1v) is 7.75. The fourth-order valence-electron chi connectivity index (χ4n) is 2.40. The summed E-state index contributed by atoms with van der Waals surface area (Å²) < 4.78 is 25.3. The lowest BCUT2D eigenvalue weighted by Gasteiger charge is -2.13. The van der Waals surface area contributed by atoms with Crippen LogP contribution < -0.4 is 5.32 Å². The zero-order valence-electron chi connectivity index (χ0n) is 10.6. The van der Waals surface area contributed by atoms with Crippen LogP contribution in [0.4, 0.5) is 0 Å². The molecule has 1 N–H and O–H groups in total. The summed E-state index contributed by atoms with van der Waals surface area (Å²) in [6.45, 7) is 2.55. The number of fused-ring (bicyclic) bond motifs is 1. The minimum Gasteiger partial charge on any atom is -0.293 e. The van der Waals surface area contributed by atoms with Crippen molar-refractivity contribution in [2.75, 3.05) is 0 Å². The third kappa shape index (κ3) is 2.07. The lowest BCUT2D eigenvalue weighted by molar-refractivity contribution is 0.568. The van der Waals surface area contributed by atoms with Crippen LogP contribution in [-0.4, -0.2) is 8.42 Å². The van der Waals surface area contributed by atoms with Crippen LogP contribution >= 0.6 is 0 Å². The first-order chi connectivity index (χ1) is 9.09.